The van der Waals surface area contributed by atoms with Crippen molar-refractivity contribution in [3.05, 3.63) is 77.1 Å². The second-order valence-electron chi connectivity index (χ2n) is 4.79. The Morgan fingerprint density at radius 3 is 2.65 bits per heavy atom. The summed E-state index contributed by atoms with van der Waals surface area (Å²) in [4.78, 5) is 4.11. The van der Waals surface area contributed by atoms with E-state index in [0.717, 1.165) is 21.9 Å². The molecule has 0 amide bonds. The largest absolute Gasteiger partial charge is 0.388 e. The first kappa shape index (κ1) is 13.1. The van der Waals surface area contributed by atoms with Gasteiger partial charge in [0.25, 0.3) is 0 Å². The van der Waals surface area contributed by atoms with Gasteiger partial charge >= 0.3 is 0 Å². The lowest BCUT2D eigenvalue weighted by Crippen LogP contribution is -2.02. The lowest BCUT2D eigenvalue weighted by Gasteiger charge is -2.14. The molecule has 0 aliphatic carbocycles. The Balaban J connectivity index is 1.92. The van der Waals surface area contributed by atoms with Crippen LogP contribution in [0.25, 0.3) is 10.8 Å². The van der Waals surface area contributed by atoms with E-state index < -0.39 is 6.10 Å². The molecule has 0 bridgehead atoms. The van der Waals surface area contributed by atoms with Gasteiger partial charge in [-0.2, -0.15) is 0 Å². The van der Waals surface area contributed by atoms with Crippen LogP contribution in [0.4, 0.5) is 0 Å². The zero-order valence-corrected chi connectivity index (χ0v) is 11.6. The van der Waals surface area contributed by atoms with Gasteiger partial charge in [0.05, 0.1) is 6.10 Å². The van der Waals surface area contributed by atoms with Crippen LogP contribution in [-0.2, 0) is 6.42 Å². The first-order chi connectivity index (χ1) is 9.74. The maximum absolute atomic E-state index is 10.5. The van der Waals surface area contributed by atoms with Crippen LogP contribution < -0.4 is 0 Å². The quantitative estimate of drug-likeness (QED) is 0.783. The number of halogens is 1. The molecule has 0 aliphatic heterocycles. The molecule has 0 fully saturated rings. The van der Waals surface area contributed by atoms with Crippen molar-refractivity contribution in [2.45, 2.75) is 12.5 Å². The molecule has 3 aromatic rings. The number of hydrogen-bond donors (Lipinski definition) is 1. The molecule has 1 N–H and O–H groups in total. The monoisotopic (exact) mass is 283 g/mol. The van der Waals surface area contributed by atoms with Crippen molar-refractivity contribution in [2.75, 3.05) is 0 Å². The van der Waals surface area contributed by atoms with Gasteiger partial charge in [0.15, 0.2) is 0 Å². The van der Waals surface area contributed by atoms with Crippen molar-refractivity contribution in [3.63, 3.8) is 0 Å². The van der Waals surface area contributed by atoms with Crippen molar-refractivity contribution >= 4 is 22.4 Å². The van der Waals surface area contributed by atoms with Gasteiger partial charge in [-0.1, -0.05) is 41.9 Å². The zero-order chi connectivity index (χ0) is 13.9. The fraction of sp³-hybridized carbons (Fsp3) is 0.118. The molecule has 0 radical (unpaired) electrons. The summed E-state index contributed by atoms with van der Waals surface area (Å²) in [6.07, 6.45) is 3.59. The van der Waals surface area contributed by atoms with E-state index in [9.17, 15) is 5.11 Å². The predicted molar refractivity (Wildman–Crippen MR) is 81.9 cm³/mol. The minimum absolute atomic E-state index is 0.540. The van der Waals surface area contributed by atoms with E-state index >= 15 is 0 Å². The molecular formula is C17H14ClNO. The van der Waals surface area contributed by atoms with Gasteiger partial charge < -0.3 is 5.11 Å². The lowest BCUT2D eigenvalue weighted by atomic mass is 9.97. The third-order valence-electron chi connectivity index (χ3n) is 3.42. The average molecular weight is 284 g/mol. The number of aromatic nitrogens is 1. The third kappa shape index (κ3) is 2.67. The fourth-order valence-corrected chi connectivity index (χ4v) is 2.52. The van der Waals surface area contributed by atoms with Crippen molar-refractivity contribution in [3.8, 4) is 0 Å². The maximum Gasteiger partial charge on any atom is 0.0836 e. The molecular weight excluding hydrogens is 270 g/mol. The van der Waals surface area contributed by atoms with E-state index in [1.165, 1.54) is 0 Å². The molecule has 1 atom stereocenters. The highest BCUT2D eigenvalue weighted by atomic mass is 35.5. The Bertz CT molecular complexity index is 719. The van der Waals surface area contributed by atoms with Gasteiger partial charge in [-0.3, -0.25) is 4.98 Å². The standard InChI is InChI=1S/C17H14ClNO/c18-14-6-4-12(5-7-14)10-17(20)16-3-1-2-13-11-19-9-8-15(13)16/h1-9,11,17,20H,10H2. The van der Waals surface area contributed by atoms with Gasteiger partial charge in [-0.15, -0.1) is 0 Å². The molecule has 100 valence electrons. The normalized spacial score (nSPS) is 12.5. The molecule has 1 aromatic heterocycles. The highest BCUT2D eigenvalue weighted by molar-refractivity contribution is 6.30. The zero-order valence-electron chi connectivity index (χ0n) is 10.8. The fourth-order valence-electron chi connectivity index (χ4n) is 2.39. The minimum Gasteiger partial charge on any atom is -0.388 e. The Morgan fingerprint density at radius 1 is 1.05 bits per heavy atom. The third-order valence-corrected chi connectivity index (χ3v) is 3.67. The SMILES string of the molecule is OC(Cc1ccc(Cl)cc1)c1cccc2cnccc12. The summed E-state index contributed by atoms with van der Waals surface area (Å²) in [5.74, 6) is 0. The second-order valence-corrected chi connectivity index (χ2v) is 5.23. The molecule has 2 nitrogen and oxygen atoms in total. The number of rotatable bonds is 3. The molecule has 0 spiro atoms. The van der Waals surface area contributed by atoms with Gasteiger partial charge in [0.2, 0.25) is 0 Å². The van der Waals surface area contributed by atoms with Crippen LogP contribution in [0.15, 0.2) is 60.9 Å². The highest BCUT2D eigenvalue weighted by Gasteiger charge is 2.11. The molecule has 20 heavy (non-hydrogen) atoms. The number of pyridine rings is 1. The number of hydrogen-bond acceptors (Lipinski definition) is 2. The van der Waals surface area contributed by atoms with Gasteiger partial charge in [0, 0.05) is 29.2 Å². The molecule has 3 heteroatoms. The molecule has 0 saturated heterocycles. The maximum atomic E-state index is 10.5. The first-order valence-corrected chi connectivity index (χ1v) is 6.87. The van der Waals surface area contributed by atoms with Crippen molar-refractivity contribution in [2.24, 2.45) is 0 Å². The number of aliphatic hydroxyl groups excluding tert-OH is 1. The van der Waals surface area contributed by atoms with E-state index in [0.29, 0.717) is 11.4 Å². The van der Waals surface area contributed by atoms with E-state index in [4.69, 9.17) is 11.6 Å². The van der Waals surface area contributed by atoms with E-state index in [1.54, 1.807) is 6.20 Å². The van der Waals surface area contributed by atoms with Gasteiger partial charge in [0.1, 0.15) is 0 Å². The van der Waals surface area contributed by atoms with Crippen molar-refractivity contribution in [1.82, 2.24) is 4.98 Å². The van der Waals surface area contributed by atoms with Crippen molar-refractivity contribution < 1.29 is 5.11 Å². The molecule has 1 unspecified atom stereocenters. The molecule has 0 saturated carbocycles. The minimum atomic E-state index is -0.540. The Labute approximate surface area is 122 Å². The average Bonchev–Trinajstić information content (AvgIpc) is 2.49. The van der Waals surface area contributed by atoms with Crippen molar-refractivity contribution in [1.29, 1.82) is 0 Å². The molecule has 3 rings (SSSR count). The van der Waals surface area contributed by atoms with E-state index in [2.05, 4.69) is 4.98 Å². The number of fused-ring (bicyclic) bond motifs is 1. The summed E-state index contributed by atoms with van der Waals surface area (Å²) in [5, 5.41) is 13.3. The van der Waals surface area contributed by atoms with Gasteiger partial charge in [-0.05, 0) is 34.7 Å². The second kappa shape index (κ2) is 5.61. The smallest absolute Gasteiger partial charge is 0.0836 e. The Hall–Kier alpha value is -1.90. The summed E-state index contributed by atoms with van der Waals surface area (Å²) in [7, 11) is 0. The number of aliphatic hydroxyl groups is 1. The van der Waals surface area contributed by atoms with Crippen LogP contribution in [0.1, 0.15) is 17.2 Å². The summed E-state index contributed by atoms with van der Waals surface area (Å²) in [6.45, 7) is 0. The Morgan fingerprint density at radius 2 is 1.85 bits per heavy atom. The Kier molecular flexibility index (Phi) is 3.68. The van der Waals surface area contributed by atoms with Crippen LogP contribution >= 0.6 is 11.6 Å². The summed E-state index contributed by atoms with van der Waals surface area (Å²) < 4.78 is 0. The van der Waals surface area contributed by atoms with Crippen LogP contribution in [-0.4, -0.2) is 10.1 Å². The first-order valence-electron chi connectivity index (χ1n) is 6.49. The number of nitrogens with zero attached hydrogens (tertiary/aromatic N) is 1. The topological polar surface area (TPSA) is 33.1 Å². The molecule has 1 heterocycles. The van der Waals surface area contributed by atoms with E-state index in [-0.39, 0.29) is 0 Å². The molecule has 2 aromatic carbocycles. The van der Waals surface area contributed by atoms with Crippen LogP contribution in [0.5, 0.6) is 0 Å². The van der Waals surface area contributed by atoms with Crippen LogP contribution in [0, 0.1) is 0 Å². The van der Waals surface area contributed by atoms with Gasteiger partial charge in [-0.25, -0.2) is 0 Å². The summed E-state index contributed by atoms with van der Waals surface area (Å²) >= 11 is 5.87. The summed E-state index contributed by atoms with van der Waals surface area (Å²) in [6, 6.07) is 15.4. The lowest BCUT2D eigenvalue weighted by molar-refractivity contribution is 0.180. The predicted octanol–water partition coefficient (Wildman–Crippen LogP) is 4.16. The highest BCUT2D eigenvalue weighted by Crippen LogP contribution is 2.26. The number of benzene rings is 2. The summed E-state index contributed by atoms with van der Waals surface area (Å²) in [5.41, 5.74) is 1.99. The van der Waals surface area contributed by atoms with E-state index in [1.807, 2.05) is 54.7 Å². The molecule has 0 aliphatic rings. The van der Waals surface area contributed by atoms with Crippen LogP contribution in [0.2, 0.25) is 5.02 Å². The van der Waals surface area contributed by atoms with Crippen LogP contribution in [0.3, 0.4) is 0 Å².